The molecule has 2 aromatic heterocycles. The van der Waals surface area contributed by atoms with E-state index in [1.165, 1.54) is 0 Å². The van der Waals surface area contributed by atoms with E-state index in [1.807, 2.05) is 35.9 Å². The van der Waals surface area contributed by atoms with E-state index in [4.69, 9.17) is 15.0 Å². The van der Waals surface area contributed by atoms with E-state index >= 15 is 0 Å². The zero-order valence-corrected chi connectivity index (χ0v) is 20.3. The van der Waals surface area contributed by atoms with E-state index in [1.54, 1.807) is 54.4 Å². The lowest BCUT2D eigenvalue weighted by molar-refractivity contribution is -0.0966. The van der Waals surface area contributed by atoms with Gasteiger partial charge in [0.2, 0.25) is 0 Å². The summed E-state index contributed by atoms with van der Waals surface area (Å²) in [7, 11) is 1.93. The first-order valence-electron chi connectivity index (χ1n) is 11.7. The average Bonchev–Trinajstić information content (AvgIpc) is 3.23. The van der Waals surface area contributed by atoms with Crippen molar-refractivity contribution in [3.63, 3.8) is 0 Å². The number of hydrogen-bond acceptors (Lipinski definition) is 7. The minimum absolute atomic E-state index is 0.234. The molecule has 36 heavy (non-hydrogen) atoms. The second-order valence-electron chi connectivity index (χ2n) is 8.18. The van der Waals surface area contributed by atoms with Crippen molar-refractivity contribution < 1.29 is 14.6 Å². The maximum Gasteiger partial charge on any atom is 0.259 e. The monoisotopic (exact) mass is 484 g/mol. The second kappa shape index (κ2) is 11.4. The molecule has 4 aromatic rings. The van der Waals surface area contributed by atoms with E-state index in [0.717, 1.165) is 17.0 Å². The molecule has 0 saturated carbocycles. The molecular formula is C27H28N6O3. The highest BCUT2D eigenvalue weighted by Gasteiger charge is 2.21. The molecule has 0 saturated heterocycles. The minimum Gasteiger partial charge on any atom is -0.378 e. The summed E-state index contributed by atoms with van der Waals surface area (Å²) >= 11 is 0. The van der Waals surface area contributed by atoms with Crippen LogP contribution in [0.15, 0.2) is 66.9 Å². The quantitative estimate of drug-likeness (QED) is 0.329. The molecule has 2 heterocycles. The number of amides is 1. The third-order valence-electron chi connectivity index (χ3n) is 5.81. The SMILES string of the molecule is CCOC(O)CCN(C(=O)c1ccc2c(c1)nc(CNc1ccc(C#N)cc1)n2C)c1ccccn1. The summed E-state index contributed by atoms with van der Waals surface area (Å²) in [5.74, 6) is 1.07. The van der Waals surface area contributed by atoms with Gasteiger partial charge in [-0.25, -0.2) is 9.97 Å². The number of nitrogens with zero attached hydrogens (tertiary/aromatic N) is 5. The summed E-state index contributed by atoms with van der Waals surface area (Å²) in [6.07, 6.45) is 0.926. The first-order chi connectivity index (χ1) is 17.5. The van der Waals surface area contributed by atoms with Crippen LogP contribution >= 0.6 is 0 Å². The molecule has 0 fully saturated rings. The van der Waals surface area contributed by atoms with Gasteiger partial charge < -0.3 is 19.7 Å². The van der Waals surface area contributed by atoms with E-state index < -0.39 is 6.29 Å². The fourth-order valence-corrected chi connectivity index (χ4v) is 3.89. The summed E-state index contributed by atoms with van der Waals surface area (Å²) < 4.78 is 7.20. The lowest BCUT2D eigenvalue weighted by Crippen LogP contribution is -2.34. The zero-order chi connectivity index (χ0) is 25.5. The Morgan fingerprint density at radius 2 is 2.03 bits per heavy atom. The highest BCUT2D eigenvalue weighted by Crippen LogP contribution is 2.21. The predicted octanol–water partition coefficient (Wildman–Crippen LogP) is 3.84. The Morgan fingerprint density at radius 3 is 2.72 bits per heavy atom. The molecule has 4 rings (SSSR count). The Balaban J connectivity index is 1.55. The third-order valence-corrected chi connectivity index (χ3v) is 5.81. The van der Waals surface area contributed by atoms with Crippen LogP contribution in [0.25, 0.3) is 11.0 Å². The number of aryl methyl sites for hydroxylation is 1. The second-order valence-corrected chi connectivity index (χ2v) is 8.18. The van der Waals surface area contributed by atoms with Gasteiger partial charge in [-0.1, -0.05) is 6.07 Å². The topological polar surface area (TPSA) is 116 Å². The molecular weight excluding hydrogens is 456 g/mol. The Morgan fingerprint density at radius 1 is 1.22 bits per heavy atom. The average molecular weight is 485 g/mol. The number of aromatic nitrogens is 3. The van der Waals surface area contributed by atoms with Gasteiger partial charge in [-0.2, -0.15) is 5.26 Å². The number of carbonyl (C=O) groups is 1. The first-order valence-corrected chi connectivity index (χ1v) is 11.7. The maximum atomic E-state index is 13.5. The van der Waals surface area contributed by atoms with Crippen LogP contribution in [0.5, 0.6) is 0 Å². The number of ether oxygens (including phenoxy) is 1. The van der Waals surface area contributed by atoms with Gasteiger partial charge in [-0.05, 0) is 61.5 Å². The molecule has 0 aliphatic rings. The normalized spacial score (nSPS) is 11.7. The number of aliphatic hydroxyl groups excluding tert-OH is 1. The Bertz CT molecular complexity index is 1360. The molecule has 0 aliphatic heterocycles. The molecule has 0 spiro atoms. The fraction of sp³-hybridized carbons (Fsp3) is 0.259. The van der Waals surface area contributed by atoms with E-state index in [0.29, 0.717) is 35.6 Å². The van der Waals surface area contributed by atoms with Crippen LogP contribution in [0.2, 0.25) is 0 Å². The van der Waals surface area contributed by atoms with Gasteiger partial charge in [0.05, 0.1) is 29.2 Å². The van der Waals surface area contributed by atoms with Crippen LogP contribution in [0.3, 0.4) is 0 Å². The number of pyridine rings is 1. The number of aliphatic hydroxyl groups is 1. The molecule has 184 valence electrons. The van der Waals surface area contributed by atoms with E-state index in [2.05, 4.69) is 16.4 Å². The van der Waals surface area contributed by atoms with Gasteiger partial charge in [0.25, 0.3) is 5.91 Å². The van der Waals surface area contributed by atoms with Crippen molar-refractivity contribution in [2.24, 2.45) is 7.05 Å². The van der Waals surface area contributed by atoms with Crippen LogP contribution in [0.1, 0.15) is 35.1 Å². The molecule has 0 bridgehead atoms. The number of benzene rings is 2. The number of anilines is 2. The highest BCUT2D eigenvalue weighted by atomic mass is 16.6. The molecule has 1 unspecified atom stereocenters. The molecule has 0 radical (unpaired) electrons. The fourth-order valence-electron chi connectivity index (χ4n) is 3.89. The number of rotatable bonds is 10. The molecule has 1 atom stereocenters. The molecule has 2 aromatic carbocycles. The number of carbonyl (C=O) groups excluding carboxylic acids is 1. The van der Waals surface area contributed by atoms with Crippen molar-refractivity contribution in [3.8, 4) is 6.07 Å². The van der Waals surface area contributed by atoms with Crippen molar-refractivity contribution in [2.45, 2.75) is 26.2 Å². The Hall–Kier alpha value is -4.26. The van der Waals surface area contributed by atoms with E-state index in [-0.39, 0.29) is 18.9 Å². The van der Waals surface area contributed by atoms with Crippen molar-refractivity contribution in [3.05, 3.63) is 83.8 Å². The molecule has 1 amide bonds. The van der Waals surface area contributed by atoms with Crippen LogP contribution in [-0.4, -0.2) is 45.0 Å². The van der Waals surface area contributed by atoms with Gasteiger partial charge in [0, 0.05) is 44.1 Å². The van der Waals surface area contributed by atoms with Gasteiger partial charge in [-0.3, -0.25) is 9.69 Å². The lowest BCUT2D eigenvalue weighted by atomic mass is 10.1. The lowest BCUT2D eigenvalue weighted by Gasteiger charge is -2.23. The molecule has 9 heteroatoms. The predicted molar refractivity (Wildman–Crippen MR) is 137 cm³/mol. The minimum atomic E-state index is -0.960. The van der Waals surface area contributed by atoms with Crippen molar-refractivity contribution >= 4 is 28.4 Å². The number of imidazole rings is 1. The smallest absolute Gasteiger partial charge is 0.259 e. The standard InChI is InChI=1S/C27H28N6O3/c1-3-36-26(34)13-15-33(24-6-4-5-14-29-24)27(35)20-9-12-23-22(16-20)31-25(32(23)2)18-30-21-10-7-19(17-28)8-11-21/h4-12,14,16,26,30,34H,3,13,15,18H2,1-2H3. The van der Waals surface area contributed by atoms with Crippen molar-refractivity contribution in [1.82, 2.24) is 14.5 Å². The van der Waals surface area contributed by atoms with E-state index in [9.17, 15) is 9.90 Å². The first kappa shape index (κ1) is 24.9. The maximum absolute atomic E-state index is 13.5. The Labute approximate surface area is 209 Å². The van der Waals surface area contributed by atoms with Gasteiger partial charge >= 0.3 is 0 Å². The van der Waals surface area contributed by atoms with Gasteiger partial charge in [0.15, 0.2) is 6.29 Å². The van der Waals surface area contributed by atoms with Gasteiger partial charge in [-0.15, -0.1) is 0 Å². The van der Waals surface area contributed by atoms with Crippen LogP contribution < -0.4 is 10.2 Å². The Kier molecular flexibility index (Phi) is 7.90. The van der Waals surface area contributed by atoms with Crippen LogP contribution in [0, 0.1) is 11.3 Å². The molecule has 2 N–H and O–H groups in total. The molecule has 0 aliphatic carbocycles. The van der Waals surface area contributed by atoms with Crippen molar-refractivity contribution in [1.29, 1.82) is 5.26 Å². The summed E-state index contributed by atoms with van der Waals surface area (Å²) in [4.78, 5) is 24.1. The largest absolute Gasteiger partial charge is 0.378 e. The number of fused-ring (bicyclic) bond motifs is 1. The number of nitriles is 1. The summed E-state index contributed by atoms with van der Waals surface area (Å²) in [6.45, 7) is 2.92. The summed E-state index contributed by atoms with van der Waals surface area (Å²) in [5, 5.41) is 22.3. The number of nitrogens with one attached hydrogen (secondary N) is 1. The third kappa shape index (κ3) is 5.68. The van der Waals surface area contributed by atoms with Crippen molar-refractivity contribution in [2.75, 3.05) is 23.4 Å². The number of hydrogen-bond donors (Lipinski definition) is 2. The van der Waals surface area contributed by atoms with Gasteiger partial charge in [0.1, 0.15) is 11.6 Å². The summed E-state index contributed by atoms with van der Waals surface area (Å²) in [6, 6.07) is 20.1. The van der Waals surface area contributed by atoms with Crippen LogP contribution in [-0.2, 0) is 18.3 Å². The highest BCUT2D eigenvalue weighted by molar-refractivity contribution is 6.07. The zero-order valence-electron chi connectivity index (χ0n) is 20.3. The molecule has 9 nitrogen and oxygen atoms in total. The summed E-state index contributed by atoms with van der Waals surface area (Å²) in [5.41, 5.74) is 3.57. The van der Waals surface area contributed by atoms with Crippen LogP contribution in [0.4, 0.5) is 11.5 Å².